The molecule has 0 saturated heterocycles. The Morgan fingerprint density at radius 1 is 1.50 bits per heavy atom. The first kappa shape index (κ1) is 11.2. The highest BCUT2D eigenvalue weighted by Crippen LogP contribution is 2.04. The number of hydrogen-bond donors (Lipinski definition) is 0. The standard InChI is InChI=1S/C9H17NO2/c1-5-6-10(3,4)7-8(2)9(11)12/h7H,5-6H2,1-4H3. The summed E-state index contributed by atoms with van der Waals surface area (Å²) in [5.74, 6) is -1.09. The van der Waals surface area contributed by atoms with Crippen molar-refractivity contribution in [2.75, 3.05) is 20.6 Å². The Balaban J connectivity index is 4.38. The molecule has 0 amide bonds. The van der Waals surface area contributed by atoms with E-state index in [1.807, 2.05) is 14.1 Å². The Morgan fingerprint density at radius 3 is 2.33 bits per heavy atom. The molecule has 70 valence electrons. The van der Waals surface area contributed by atoms with E-state index >= 15 is 0 Å². The monoisotopic (exact) mass is 171 g/mol. The zero-order valence-electron chi connectivity index (χ0n) is 8.26. The minimum atomic E-state index is -1.09. The van der Waals surface area contributed by atoms with Crippen molar-refractivity contribution in [2.45, 2.75) is 20.3 Å². The van der Waals surface area contributed by atoms with Crippen molar-refractivity contribution in [3.05, 3.63) is 11.8 Å². The fraction of sp³-hybridized carbons (Fsp3) is 0.667. The highest BCUT2D eigenvalue weighted by Gasteiger charge is 2.10. The number of carbonyl (C=O) groups is 1. The molecule has 0 fully saturated rings. The molecule has 0 unspecified atom stereocenters. The lowest BCUT2D eigenvalue weighted by Gasteiger charge is -2.25. The van der Waals surface area contributed by atoms with Crippen LogP contribution in [0, 0.1) is 0 Å². The van der Waals surface area contributed by atoms with Gasteiger partial charge in [-0.05, 0) is 13.3 Å². The molecule has 0 aromatic rings. The van der Waals surface area contributed by atoms with E-state index < -0.39 is 5.97 Å². The number of carboxylic acid groups (broad SMARTS) is 1. The molecule has 0 radical (unpaired) electrons. The molecule has 0 atom stereocenters. The Kier molecular flexibility index (Phi) is 3.96. The van der Waals surface area contributed by atoms with E-state index in [-0.39, 0.29) is 0 Å². The summed E-state index contributed by atoms with van der Waals surface area (Å²) in [5.41, 5.74) is 0.299. The van der Waals surface area contributed by atoms with E-state index in [1.165, 1.54) is 0 Å². The third-order valence-corrected chi connectivity index (χ3v) is 1.67. The van der Waals surface area contributed by atoms with Gasteiger partial charge in [0, 0.05) is 5.57 Å². The summed E-state index contributed by atoms with van der Waals surface area (Å²) in [7, 11) is 3.94. The second-order valence-corrected chi connectivity index (χ2v) is 3.60. The van der Waals surface area contributed by atoms with Gasteiger partial charge >= 0.3 is 0 Å². The average Bonchev–Trinajstić information content (AvgIpc) is 1.85. The van der Waals surface area contributed by atoms with Gasteiger partial charge in [0.15, 0.2) is 0 Å². The first-order chi connectivity index (χ1) is 5.39. The lowest BCUT2D eigenvalue weighted by atomic mass is 10.3. The van der Waals surface area contributed by atoms with E-state index in [0.29, 0.717) is 10.1 Å². The van der Waals surface area contributed by atoms with Crippen molar-refractivity contribution in [1.29, 1.82) is 0 Å². The van der Waals surface area contributed by atoms with Gasteiger partial charge in [0.2, 0.25) is 0 Å². The van der Waals surface area contributed by atoms with Gasteiger partial charge in [-0.2, -0.15) is 0 Å². The predicted molar refractivity (Wildman–Crippen MR) is 46.0 cm³/mol. The Labute approximate surface area is 73.9 Å². The zero-order chi connectivity index (χ0) is 9.78. The molecule has 0 aliphatic rings. The van der Waals surface area contributed by atoms with Crippen LogP contribution < -0.4 is 5.11 Å². The quantitative estimate of drug-likeness (QED) is 0.445. The number of aliphatic carboxylic acids is 1. The molecule has 0 aliphatic carbocycles. The van der Waals surface area contributed by atoms with E-state index in [9.17, 15) is 9.90 Å². The molecule has 0 N–H and O–H groups in total. The second-order valence-electron chi connectivity index (χ2n) is 3.60. The summed E-state index contributed by atoms with van der Waals surface area (Å²) in [5, 5.41) is 10.4. The maximum Gasteiger partial charge on any atom is 0.100 e. The molecule has 0 aliphatic heterocycles. The number of hydrogen-bond acceptors (Lipinski definition) is 2. The highest BCUT2D eigenvalue weighted by molar-refractivity contribution is 5.83. The number of quaternary nitrogens is 1. The van der Waals surface area contributed by atoms with Crippen molar-refractivity contribution in [1.82, 2.24) is 0 Å². The SMILES string of the molecule is CCC[N+](C)(C)C=C(C)C(=O)[O-]. The molecular weight excluding hydrogens is 154 g/mol. The predicted octanol–water partition coefficient (Wildman–Crippen LogP) is 0.126. The summed E-state index contributed by atoms with van der Waals surface area (Å²) < 4.78 is 0.594. The van der Waals surface area contributed by atoms with Gasteiger partial charge in [-0.15, -0.1) is 0 Å². The van der Waals surface area contributed by atoms with Crippen molar-refractivity contribution in [3.8, 4) is 0 Å². The van der Waals surface area contributed by atoms with Crippen LogP contribution in [0.5, 0.6) is 0 Å². The third kappa shape index (κ3) is 4.13. The van der Waals surface area contributed by atoms with Crippen LogP contribution in [0.4, 0.5) is 0 Å². The van der Waals surface area contributed by atoms with Crippen molar-refractivity contribution >= 4 is 5.97 Å². The molecule has 0 rings (SSSR count). The summed E-state index contributed by atoms with van der Waals surface area (Å²) in [6, 6.07) is 0. The number of carboxylic acids is 1. The first-order valence-electron chi connectivity index (χ1n) is 4.12. The van der Waals surface area contributed by atoms with E-state index in [2.05, 4.69) is 6.92 Å². The highest BCUT2D eigenvalue weighted by atomic mass is 16.4. The van der Waals surface area contributed by atoms with Crippen LogP contribution in [-0.4, -0.2) is 31.1 Å². The topological polar surface area (TPSA) is 40.1 Å². The van der Waals surface area contributed by atoms with Crippen LogP contribution >= 0.6 is 0 Å². The molecule has 0 bridgehead atoms. The smallest absolute Gasteiger partial charge is 0.100 e. The van der Waals surface area contributed by atoms with Crippen LogP contribution in [0.2, 0.25) is 0 Å². The van der Waals surface area contributed by atoms with Crippen LogP contribution in [0.3, 0.4) is 0 Å². The number of carbonyl (C=O) groups excluding carboxylic acids is 1. The van der Waals surface area contributed by atoms with Gasteiger partial charge in [-0.25, -0.2) is 0 Å². The molecule has 0 heterocycles. The fourth-order valence-electron chi connectivity index (χ4n) is 1.22. The molecule has 0 spiro atoms. The molecule has 3 nitrogen and oxygen atoms in total. The summed E-state index contributed by atoms with van der Waals surface area (Å²) >= 11 is 0. The van der Waals surface area contributed by atoms with Gasteiger partial charge in [-0.1, -0.05) is 6.92 Å². The zero-order valence-corrected chi connectivity index (χ0v) is 8.26. The third-order valence-electron chi connectivity index (χ3n) is 1.67. The normalized spacial score (nSPS) is 13.2. The molecule has 0 aromatic heterocycles. The summed E-state index contributed by atoms with van der Waals surface area (Å²) in [4.78, 5) is 10.4. The number of nitrogens with zero attached hydrogens (tertiary/aromatic N) is 1. The van der Waals surface area contributed by atoms with Crippen LogP contribution in [0.1, 0.15) is 20.3 Å². The molecule has 12 heavy (non-hydrogen) atoms. The van der Waals surface area contributed by atoms with E-state index in [1.54, 1.807) is 13.1 Å². The van der Waals surface area contributed by atoms with Crippen molar-refractivity contribution < 1.29 is 14.4 Å². The molecule has 3 heteroatoms. The fourth-order valence-corrected chi connectivity index (χ4v) is 1.22. The van der Waals surface area contributed by atoms with Crippen LogP contribution in [0.25, 0.3) is 0 Å². The van der Waals surface area contributed by atoms with Crippen LogP contribution in [-0.2, 0) is 4.79 Å². The maximum absolute atomic E-state index is 10.4. The van der Waals surface area contributed by atoms with Gasteiger partial charge < -0.3 is 14.4 Å². The minimum Gasteiger partial charge on any atom is -0.545 e. The Morgan fingerprint density at radius 2 is 2.00 bits per heavy atom. The maximum atomic E-state index is 10.4. The molecule has 0 aromatic carbocycles. The average molecular weight is 171 g/mol. The summed E-state index contributed by atoms with van der Waals surface area (Å²) in [6.07, 6.45) is 2.74. The Bertz CT molecular complexity index is 195. The summed E-state index contributed by atoms with van der Waals surface area (Å²) in [6.45, 7) is 4.57. The van der Waals surface area contributed by atoms with Gasteiger partial charge in [-0.3, -0.25) is 0 Å². The van der Waals surface area contributed by atoms with Crippen molar-refractivity contribution in [2.24, 2.45) is 0 Å². The van der Waals surface area contributed by atoms with Gasteiger partial charge in [0.25, 0.3) is 0 Å². The largest absolute Gasteiger partial charge is 0.545 e. The second kappa shape index (κ2) is 4.26. The van der Waals surface area contributed by atoms with E-state index in [0.717, 1.165) is 13.0 Å². The molecular formula is C9H17NO2. The lowest BCUT2D eigenvalue weighted by Crippen LogP contribution is -2.36. The van der Waals surface area contributed by atoms with Crippen LogP contribution in [0.15, 0.2) is 11.8 Å². The number of rotatable bonds is 4. The Hall–Kier alpha value is -0.830. The first-order valence-corrected chi connectivity index (χ1v) is 4.12. The van der Waals surface area contributed by atoms with Gasteiger partial charge in [0.1, 0.15) is 6.20 Å². The van der Waals surface area contributed by atoms with E-state index in [4.69, 9.17) is 0 Å². The minimum absolute atomic E-state index is 0.299. The lowest BCUT2D eigenvalue weighted by molar-refractivity contribution is -0.839. The van der Waals surface area contributed by atoms with Gasteiger partial charge in [0.05, 0.1) is 26.6 Å². The van der Waals surface area contributed by atoms with Crippen molar-refractivity contribution in [3.63, 3.8) is 0 Å². The molecule has 0 saturated carbocycles.